The number of fused-ring (bicyclic) bond motifs is 1. The zero-order valence-electron chi connectivity index (χ0n) is 6.88. The minimum atomic E-state index is 0.370. The molecule has 3 heteroatoms. The molecule has 2 aliphatic heterocycles. The molecular weight excluding hydrogens is 142 g/mol. The Labute approximate surface area is 67.1 Å². The van der Waals surface area contributed by atoms with Gasteiger partial charge in [0.05, 0.1) is 24.9 Å². The van der Waals surface area contributed by atoms with E-state index in [-0.39, 0.29) is 0 Å². The summed E-state index contributed by atoms with van der Waals surface area (Å²) < 4.78 is 11.1. The van der Waals surface area contributed by atoms with Crippen molar-refractivity contribution < 1.29 is 9.47 Å². The summed E-state index contributed by atoms with van der Waals surface area (Å²) in [5, 5.41) is 3.42. The highest BCUT2D eigenvalue weighted by molar-refractivity contribution is 4.85. The Balaban J connectivity index is 1.93. The number of hydrogen-bond donors (Lipinski definition) is 1. The topological polar surface area (TPSA) is 30.5 Å². The first-order valence-corrected chi connectivity index (χ1v) is 4.33. The van der Waals surface area contributed by atoms with Crippen molar-refractivity contribution in [2.75, 3.05) is 19.8 Å². The lowest BCUT2D eigenvalue weighted by molar-refractivity contribution is -0.109. The van der Waals surface area contributed by atoms with Crippen molar-refractivity contribution in [2.24, 2.45) is 0 Å². The second-order valence-electron chi connectivity index (χ2n) is 3.36. The highest BCUT2D eigenvalue weighted by atomic mass is 16.5. The molecule has 2 heterocycles. The van der Waals surface area contributed by atoms with Gasteiger partial charge in [-0.3, -0.25) is 0 Å². The van der Waals surface area contributed by atoms with E-state index in [9.17, 15) is 0 Å². The van der Waals surface area contributed by atoms with Crippen LogP contribution in [-0.4, -0.2) is 38.0 Å². The fraction of sp³-hybridized carbons (Fsp3) is 1.00. The third kappa shape index (κ3) is 1.55. The van der Waals surface area contributed by atoms with Crippen LogP contribution in [0.1, 0.15) is 13.3 Å². The summed E-state index contributed by atoms with van der Waals surface area (Å²) in [6, 6.07) is 0.444. The van der Waals surface area contributed by atoms with Gasteiger partial charge in [0.2, 0.25) is 0 Å². The Morgan fingerprint density at radius 3 is 3.27 bits per heavy atom. The van der Waals surface area contributed by atoms with Crippen molar-refractivity contribution in [2.45, 2.75) is 31.6 Å². The molecule has 0 aliphatic carbocycles. The third-order valence-electron chi connectivity index (χ3n) is 2.37. The Kier molecular flexibility index (Phi) is 2.11. The van der Waals surface area contributed by atoms with E-state index in [1.54, 1.807) is 0 Å². The summed E-state index contributed by atoms with van der Waals surface area (Å²) in [4.78, 5) is 0. The average Bonchev–Trinajstić information content (AvgIpc) is 2.04. The fourth-order valence-electron chi connectivity index (χ4n) is 1.74. The van der Waals surface area contributed by atoms with Crippen LogP contribution in [0.15, 0.2) is 0 Å². The third-order valence-corrected chi connectivity index (χ3v) is 2.37. The molecule has 0 aromatic heterocycles. The number of rotatable bonds is 0. The first-order chi connectivity index (χ1) is 5.36. The van der Waals surface area contributed by atoms with E-state index >= 15 is 0 Å². The molecule has 0 aromatic carbocycles. The lowest BCUT2D eigenvalue weighted by Crippen LogP contribution is -2.56. The van der Waals surface area contributed by atoms with Crippen LogP contribution in [0.4, 0.5) is 0 Å². The smallest absolute Gasteiger partial charge is 0.0776 e. The maximum absolute atomic E-state index is 5.75. The van der Waals surface area contributed by atoms with Gasteiger partial charge in [0.25, 0.3) is 0 Å². The maximum atomic E-state index is 5.75. The van der Waals surface area contributed by atoms with E-state index in [1.807, 2.05) is 0 Å². The number of morpholine rings is 1. The van der Waals surface area contributed by atoms with Gasteiger partial charge in [-0.05, 0) is 13.3 Å². The summed E-state index contributed by atoms with van der Waals surface area (Å²) in [6.07, 6.45) is 1.81. The Morgan fingerprint density at radius 2 is 2.36 bits per heavy atom. The average molecular weight is 157 g/mol. The van der Waals surface area contributed by atoms with Gasteiger partial charge >= 0.3 is 0 Å². The van der Waals surface area contributed by atoms with Crippen molar-refractivity contribution >= 4 is 0 Å². The minimum Gasteiger partial charge on any atom is -0.380 e. The van der Waals surface area contributed by atoms with Crippen LogP contribution in [0.5, 0.6) is 0 Å². The monoisotopic (exact) mass is 157 g/mol. The molecule has 0 aromatic rings. The first-order valence-electron chi connectivity index (χ1n) is 4.33. The standard InChI is InChI=1S/C8H15NO2/c1-6-4-9-7-5-10-3-2-8(7)11-6/h6-9H,2-5H2,1H3. The van der Waals surface area contributed by atoms with Crippen LogP contribution in [0.3, 0.4) is 0 Å². The highest BCUT2D eigenvalue weighted by Crippen LogP contribution is 2.17. The van der Waals surface area contributed by atoms with Crippen molar-refractivity contribution in [3.63, 3.8) is 0 Å². The van der Waals surface area contributed by atoms with Crippen LogP contribution >= 0.6 is 0 Å². The molecule has 1 N–H and O–H groups in total. The van der Waals surface area contributed by atoms with E-state index in [0.29, 0.717) is 18.2 Å². The van der Waals surface area contributed by atoms with Gasteiger partial charge in [-0.15, -0.1) is 0 Å². The second kappa shape index (κ2) is 3.09. The van der Waals surface area contributed by atoms with Gasteiger partial charge < -0.3 is 14.8 Å². The lowest BCUT2D eigenvalue weighted by atomic mass is 10.0. The molecule has 0 bridgehead atoms. The van der Waals surface area contributed by atoms with Crippen molar-refractivity contribution in [1.82, 2.24) is 5.32 Å². The second-order valence-corrected chi connectivity index (χ2v) is 3.36. The molecule has 3 nitrogen and oxygen atoms in total. The summed E-state index contributed by atoms with van der Waals surface area (Å²) in [7, 11) is 0. The molecule has 2 aliphatic rings. The molecule has 0 radical (unpaired) electrons. The van der Waals surface area contributed by atoms with E-state index in [2.05, 4.69) is 12.2 Å². The van der Waals surface area contributed by atoms with Gasteiger partial charge in [0, 0.05) is 13.2 Å². The number of nitrogens with one attached hydrogen (secondary N) is 1. The zero-order chi connectivity index (χ0) is 7.68. The fourth-order valence-corrected chi connectivity index (χ4v) is 1.74. The summed E-state index contributed by atoms with van der Waals surface area (Å²) in [6.45, 7) is 4.75. The van der Waals surface area contributed by atoms with E-state index < -0.39 is 0 Å². The number of ether oxygens (including phenoxy) is 2. The van der Waals surface area contributed by atoms with Crippen LogP contribution in [0, 0.1) is 0 Å². The van der Waals surface area contributed by atoms with Gasteiger partial charge in [0.15, 0.2) is 0 Å². The molecule has 0 spiro atoms. The van der Waals surface area contributed by atoms with Crippen LogP contribution < -0.4 is 5.32 Å². The minimum absolute atomic E-state index is 0.370. The van der Waals surface area contributed by atoms with Crippen molar-refractivity contribution in [1.29, 1.82) is 0 Å². The van der Waals surface area contributed by atoms with E-state index in [1.165, 1.54) is 0 Å². The first kappa shape index (κ1) is 7.53. The molecule has 0 amide bonds. The van der Waals surface area contributed by atoms with Crippen LogP contribution in [0.2, 0.25) is 0 Å². The molecule has 64 valence electrons. The largest absolute Gasteiger partial charge is 0.380 e. The Hall–Kier alpha value is -0.120. The Morgan fingerprint density at radius 1 is 1.45 bits per heavy atom. The predicted molar refractivity (Wildman–Crippen MR) is 41.6 cm³/mol. The van der Waals surface area contributed by atoms with Crippen LogP contribution in [0.25, 0.3) is 0 Å². The van der Waals surface area contributed by atoms with Crippen molar-refractivity contribution in [3.8, 4) is 0 Å². The van der Waals surface area contributed by atoms with Crippen molar-refractivity contribution in [3.05, 3.63) is 0 Å². The lowest BCUT2D eigenvalue weighted by Gasteiger charge is -2.38. The zero-order valence-corrected chi connectivity index (χ0v) is 6.88. The SMILES string of the molecule is CC1CNC2COCCC2O1. The highest BCUT2D eigenvalue weighted by Gasteiger charge is 2.31. The normalized spacial score (nSPS) is 45.0. The summed E-state index contributed by atoms with van der Waals surface area (Å²) in [5.41, 5.74) is 0. The molecule has 3 unspecified atom stereocenters. The van der Waals surface area contributed by atoms with E-state index in [4.69, 9.17) is 9.47 Å². The Bertz CT molecular complexity index is 140. The molecule has 0 saturated carbocycles. The quantitative estimate of drug-likeness (QED) is 0.543. The van der Waals surface area contributed by atoms with Gasteiger partial charge in [0.1, 0.15) is 0 Å². The molecule has 11 heavy (non-hydrogen) atoms. The molecule has 2 saturated heterocycles. The van der Waals surface area contributed by atoms with Crippen LogP contribution in [-0.2, 0) is 9.47 Å². The summed E-state index contributed by atoms with van der Waals surface area (Å²) in [5.74, 6) is 0. The number of hydrogen-bond acceptors (Lipinski definition) is 3. The van der Waals surface area contributed by atoms with Gasteiger partial charge in [-0.2, -0.15) is 0 Å². The molecular formula is C8H15NO2. The predicted octanol–water partition coefficient (Wildman–Crippen LogP) is 0.152. The van der Waals surface area contributed by atoms with E-state index in [0.717, 1.165) is 26.2 Å². The maximum Gasteiger partial charge on any atom is 0.0776 e. The molecule has 3 atom stereocenters. The van der Waals surface area contributed by atoms with Gasteiger partial charge in [-0.1, -0.05) is 0 Å². The molecule has 2 fully saturated rings. The molecule has 2 rings (SSSR count). The summed E-state index contributed by atoms with van der Waals surface area (Å²) >= 11 is 0. The van der Waals surface area contributed by atoms with Gasteiger partial charge in [-0.25, -0.2) is 0 Å².